The van der Waals surface area contributed by atoms with Gasteiger partial charge < -0.3 is 9.64 Å². The SMILES string of the molecule is CC1(C)c2sc(=O)n(CC(=O)N3CCOCC3)c2S[C@@H]2C(=O)N(c3ccc(Cl)cc3)C(=O)[C@@H]21. The van der Waals surface area contributed by atoms with Crippen molar-refractivity contribution in [2.45, 2.75) is 36.1 Å². The maximum Gasteiger partial charge on any atom is 0.308 e. The molecule has 5 rings (SSSR count). The van der Waals surface area contributed by atoms with Crippen LogP contribution in [0.15, 0.2) is 34.1 Å². The molecule has 3 amide bonds. The Hall–Kier alpha value is -2.14. The molecule has 2 fully saturated rings. The molecular formula is C22H22ClN3O5S2. The predicted octanol–water partition coefficient (Wildman–Crippen LogP) is 2.36. The Morgan fingerprint density at radius 2 is 1.79 bits per heavy atom. The fourth-order valence-electron chi connectivity index (χ4n) is 4.66. The first-order chi connectivity index (χ1) is 15.7. The standard InChI is InChI=1S/C22H22ClN3O5S2/c1-22(2)15-16(19(29)26(18(15)28)13-5-3-12(23)4-6-13)32-20-17(22)33-21(30)25(20)11-14(27)24-7-9-31-10-8-24/h3-6,15-16H,7-11H2,1-2H3/t15-,16+/m1/s1. The van der Waals surface area contributed by atoms with Crippen molar-refractivity contribution < 1.29 is 19.1 Å². The van der Waals surface area contributed by atoms with Gasteiger partial charge in [0.05, 0.1) is 29.8 Å². The summed E-state index contributed by atoms with van der Waals surface area (Å²) in [5.74, 6) is -1.37. The Kier molecular flexibility index (Phi) is 5.67. The van der Waals surface area contributed by atoms with Crippen LogP contribution in [0.25, 0.3) is 0 Å². The van der Waals surface area contributed by atoms with Gasteiger partial charge in [-0.2, -0.15) is 0 Å². The minimum atomic E-state index is -0.740. The van der Waals surface area contributed by atoms with Crippen molar-refractivity contribution in [3.8, 4) is 0 Å². The molecule has 0 radical (unpaired) electrons. The van der Waals surface area contributed by atoms with Crippen LogP contribution in [0.4, 0.5) is 5.69 Å². The summed E-state index contributed by atoms with van der Waals surface area (Å²) in [7, 11) is 0. The number of benzene rings is 1. The zero-order chi connectivity index (χ0) is 23.5. The van der Waals surface area contributed by atoms with Crippen molar-refractivity contribution in [3.63, 3.8) is 0 Å². The molecule has 0 saturated carbocycles. The van der Waals surface area contributed by atoms with Crippen LogP contribution in [0.1, 0.15) is 18.7 Å². The average Bonchev–Trinajstić information content (AvgIpc) is 3.24. The molecular weight excluding hydrogens is 486 g/mol. The number of halogens is 1. The second kappa shape index (κ2) is 8.26. The van der Waals surface area contributed by atoms with Crippen LogP contribution < -0.4 is 9.77 Å². The lowest BCUT2D eigenvalue weighted by Crippen LogP contribution is -2.44. The number of hydrogen-bond donors (Lipinski definition) is 0. The minimum absolute atomic E-state index is 0.0891. The van der Waals surface area contributed by atoms with Crippen molar-refractivity contribution >= 4 is 58.1 Å². The fraction of sp³-hybridized carbons (Fsp3) is 0.455. The van der Waals surface area contributed by atoms with E-state index in [4.69, 9.17) is 16.3 Å². The molecule has 33 heavy (non-hydrogen) atoms. The van der Waals surface area contributed by atoms with E-state index in [0.717, 1.165) is 16.2 Å². The number of amides is 3. The molecule has 0 spiro atoms. The highest BCUT2D eigenvalue weighted by atomic mass is 35.5. The maximum atomic E-state index is 13.4. The number of imide groups is 1. The van der Waals surface area contributed by atoms with Crippen molar-refractivity contribution in [2.24, 2.45) is 5.92 Å². The molecule has 0 bridgehead atoms. The Morgan fingerprint density at radius 1 is 1.12 bits per heavy atom. The van der Waals surface area contributed by atoms with Crippen molar-refractivity contribution in [3.05, 3.63) is 43.8 Å². The molecule has 1 aromatic carbocycles. The number of nitrogens with zero attached hydrogens (tertiary/aromatic N) is 3. The largest absolute Gasteiger partial charge is 0.378 e. The van der Waals surface area contributed by atoms with Crippen LogP contribution in [0, 0.1) is 5.92 Å². The van der Waals surface area contributed by atoms with Crippen LogP contribution in [0.2, 0.25) is 5.02 Å². The van der Waals surface area contributed by atoms with E-state index < -0.39 is 16.6 Å². The molecule has 0 N–H and O–H groups in total. The van der Waals surface area contributed by atoms with Gasteiger partial charge in [-0.25, -0.2) is 4.90 Å². The van der Waals surface area contributed by atoms with Gasteiger partial charge in [-0.1, -0.05) is 48.5 Å². The Bertz CT molecular complexity index is 1200. The number of hydrogen-bond acceptors (Lipinski definition) is 7. The topological polar surface area (TPSA) is 88.9 Å². The summed E-state index contributed by atoms with van der Waals surface area (Å²) >= 11 is 8.25. The lowest BCUT2D eigenvalue weighted by Gasteiger charge is -2.36. The second-order valence-electron chi connectivity index (χ2n) is 8.81. The summed E-state index contributed by atoms with van der Waals surface area (Å²) in [6.07, 6.45) is 0. The molecule has 174 valence electrons. The van der Waals surface area contributed by atoms with Gasteiger partial charge >= 0.3 is 4.87 Å². The normalized spacial score (nSPS) is 24.1. The molecule has 2 aromatic rings. The number of carbonyl (C=O) groups excluding carboxylic acids is 3. The van der Waals surface area contributed by atoms with Gasteiger partial charge in [0.2, 0.25) is 17.7 Å². The summed E-state index contributed by atoms with van der Waals surface area (Å²) < 4.78 is 6.76. The maximum absolute atomic E-state index is 13.4. The van der Waals surface area contributed by atoms with Gasteiger partial charge in [-0.15, -0.1) is 0 Å². The van der Waals surface area contributed by atoms with E-state index in [9.17, 15) is 19.2 Å². The van der Waals surface area contributed by atoms with Crippen LogP contribution in [-0.2, 0) is 31.1 Å². The Morgan fingerprint density at radius 3 is 2.45 bits per heavy atom. The van der Waals surface area contributed by atoms with E-state index in [1.807, 2.05) is 13.8 Å². The second-order valence-corrected chi connectivity index (χ2v) is 11.3. The predicted molar refractivity (Wildman–Crippen MR) is 126 cm³/mol. The fourth-order valence-corrected chi connectivity index (χ4v) is 7.82. The van der Waals surface area contributed by atoms with E-state index >= 15 is 0 Å². The summed E-state index contributed by atoms with van der Waals surface area (Å²) in [5, 5.41) is 0.451. The molecule has 3 aliphatic heterocycles. The van der Waals surface area contributed by atoms with E-state index in [1.165, 1.54) is 21.2 Å². The van der Waals surface area contributed by atoms with Gasteiger partial charge in [0.15, 0.2) is 0 Å². The molecule has 1 aromatic heterocycles. The van der Waals surface area contributed by atoms with Gasteiger partial charge in [0, 0.05) is 28.4 Å². The molecule has 11 heteroatoms. The third-order valence-corrected chi connectivity index (χ3v) is 9.52. The molecule has 0 unspecified atom stereocenters. The lowest BCUT2D eigenvalue weighted by atomic mass is 9.76. The Labute approximate surface area is 203 Å². The number of thioether (sulfide) groups is 1. The highest BCUT2D eigenvalue weighted by Crippen LogP contribution is 2.54. The monoisotopic (exact) mass is 507 g/mol. The van der Waals surface area contributed by atoms with Crippen LogP contribution in [0.3, 0.4) is 0 Å². The van der Waals surface area contributed by atoms with Gasteiger partial charge in [0.1, 0.15) is 11.8 Å². The first-order valence-corrected chi connectivity index (χ1v) is 12.7. The van der Waals surface area contributed by atoms with Crippen LogP contribution >= 0.6 is 34.7 Å². The third kappa shape index (κ3) is 3.63. The molecule has 2 atom stereocenters. The van der Waals surface area contributed by atoms with Crippen molar-refractivity contribution in [2.75, 3.05) is 31.2 Å². The zero-order valence-corrected chi connectivity index (χ0v) is 20.5. The number of rotatable bonds is 3. The number of fused-ring (bicyclic) bond motifs is 2. The van der Waals surface area contributed by atoms with E-state index in [-0.39, 0.29) is 29.1 Å². The third-order valence-electron chi connectivity index (χ3n) is 6.45. The van der Waals surface area contributed by atoms with Crippen molar-refractivity contribution in [1.82, 2.24) is 9.47 Å². The smallest absolute Gasteiger partial charge is 0.308 e. The first kappa shape index (κ1) is 22.6. The minimum Gasteiger partial charge on any atom is -0.378 e. The first-order valence-electron chi connectivity index (χ1n) is 10.6. The molecule has 2 saturated heterocycles. The van der Waals surface area contributed by atoms with Gasteiger partial charge in [-0.05, 0) is 24.3 Å². The molecule has 8 nitrogen and oxygen atoms in total. The van der Waals surface area contributed by atoms with Crippen molar-refractivity contribution in [1.29, 1.82) is 0 Å². The number of ether oxygens (including phenoxy) is 1. The molecule has 3 aliphatic rings. The quantitative estimate of drug-likeness (QED) is 0.593. The molecule has 0 aliphatic carbocycles. The summed E-state index contributed by atoms with van der Waals surface area (Å²) in [4.78, 5) is 56.0. The number of carbonyl (C=O) groups is 3. The summed E-state index contributed by atoms with van der Waals surface area (Å²) in [6.45, 7) is 5.64. The van der Waals surface area contributed by atoms with Gasteiger partial charge in [-0.3, -0.25) is 23.7 Å². The van der Waals surface area contributed by atoms with E-state index in [1.54, 1.807) is 29.2 Å². The number of aromatic nitrogens is 1. The Balaban J connectivity index is 1.49. The number of anilines is 1. The summed E-state index contributed by atoms with van der Waals surface area (Å²) in [6, 6.07) is 6.59. The van der Waals surface area contributed by atoms with Gasteiger partial charge in [0.25, 0.3) is 0 Å². The van der Waals surface area contributed by atoms with E-state index in [2.05, 4.69) is 0 Å². The van der Waals surface area contributed by atoms with Crippen LogP contribution in [0.5, 0.6) is 0 Å². The number of thiazole rings is 1. The lowest BCUT2D eigenvalue weighted by molar-refractivity contribution is -0.136. The van der Waals surface area contributed by atoms with Crippen LogP contribution in [-0.4, -0.2) is 58.7 Å². The zero-order valence-electron chi connectivity index (χ0n) is 18.1. The van der Waals surface area contributed by atoms with E-state index in [0.29, 0.717) is 42.0 Å². The average molecular weight is 508 g/mol. The summed E-state index contributed by atoms with van der Waals surface area (Å²) in [5.41, 5.74) is -0.264. The highest BCUT2D eigenvalue weighted by molar-refractivity contribution is 8.00. The number of morpholine rings is 1. The highest BCUT2D eigenvalue weighted by Gasteiger charge is 2.59. The molecule has 4 heterocycles.